The number of nitrogens with zero attached hydrogens (tertiary/aromatic N) is 3. The summed E-state index contributed by atoms with van der Waals surface area (Å²) in [6, 6.07) is 7.84. The number of aromatic nitrogens is 2. The summed E-state index contributed by atoms with van der Waals surface area (Å²) in [4.78, 5) is 15.3. The predicted molar refractivity (Wildman–Crippen MR) is 87.3 cm³/mol. The average Bonchev–Trinajstić information content (AvgIpc) is 2.68. The van der Waals surface area contributed by atoms with E-state index in [9.17, 15) is 4.79 Å². The minimum absolute atomic E-state index is 0.0134. The van der Waals surface area contributed by atoms with Crippen LogP contribution in [-0.4, -0.2) is 22.1 Å². The van der Waals surface area contributed by atoms with Gasteiger partial charge in [-0.15, -0.1) is 11.8 Å². The smallest absolute Gasteiger partial charge is 0.282 e. The van der Waals surface area contributed by atoms with Crippen molar-refractivity contribution < 1.29 is 0 Å². The van der Waals surface area contributed by atoms with E-state index in [1.165, 1.54) is 10.2 Å². The third kappa shape index (κ3) is 3.09. The number of rotatable bonds is 2. The van der Waals surface area contributed by atoms with Gasteiger partial charge in [0.2, 0.25) is 0 Å². The molecule has 3 rings (SSSR count). The first kappa shape index (κ1) is 14.5. The van der Waals surface area contributed by atoms with Gasteiger partial charge in [0, 0.05) is 25.2 Å². The van der Waals surface area contributed by atoms with Gasteiger partial charge in [-0.3, -0.25) is 4.79 Å². The van der Waals surface area contributed by atoms with Crippen molar-refractivity contribution in [3.63, 3.8) is 0 Å². The number of thioether (sulfide) groups is 1. The number of hydrogen-bond acceptors (Lipinski definition) is 4. The molecule has 1 aromatic carbocycles. The van der Waals surface area contributed by atoms with Gasteiger partial charge in [-0.1, -0.05) is 23.7 Å². The van der Waals surface area contributed by atoms with E-state index in [0.29, 0.717) is 0 Å². The Morgan fingerprint density at radius 3 is 2.86 bits per heavy atom. The monoisotopic (exact) mass is 321 g/mol. The van der Waals surface area contributed by atoms with Crippen LogP contribution in [-0.2, 0) is 13.6 Å². The second kappa shape index (κ2) is 6.12. The largest absolute Gasteiger partial charge is 0.365 e. The van der Waals surface area contributed by atoms with Crippen LogP contribution in [0, 0.1) is 0 Å². The molecule has 6 heteroatoms. The minimum atomic E-state index is -0.0134. The second-order valence-corrected chi connectivity index (χ2v) is 6.58. The quantitative estimate of drug-likeness (QED) is 0.852. The molecule has 0 atom stereocenters. The van der Waals surface area contributed by atoms with Crippen LogP contribution in [0.3, 0.4) is 0 Å². The highest BCUT2D eigenvalue weighted by atomic mass is 35.5. The molecule has 1 aliphatic heterocycles. The van der Waals surface area contributed by atoms with Crippen molar-refractivity contribution in [3.05, 3.63) is 51.4 Å². The topological polar surface area (TPSA) is 38.1 Å². The van der Waals surface area contributed by atoms with E-state index in [1.54, 1.807) is 25.0 Å². The van der Waals surface area contributed by atoms with Gasteiger partial charge in [-0.2, -0.15) is 5.10 Å². The van der Waals surface area contributed by atoms with Crippen molar-refractivity contribution in [3.8, 4) is 0 Å². The van der Waals surface area contributed by atoms with Gasteiger partial charge >= 0.3 is 0 Å². The Morgan fingerprint density at radius 2 is 2.10 bits per heavy atom. The van der Waals surface area contributed by atoms with E-state index in [0.717, 1.165) is 40.9 Å². The lowest BCUT2D eigenvalue weighted by Crippen LogP contribution is -2.28. The molecule has 0 fully saturated rings. The number of halogens is 1. The van der Waals surface area contributed by atoms with Gasteiger partial charge < -0.3 is 4.90 Å². The Bertz CT molecular complexity index is 699. The van der Waals surface area contributed by atoms with Gasteiger partial charge in [-0.25, -0.2) is 4.68 Å². The Kier molecular flexibility index (Phi) is 4.22. The SMILES string of the molecule is Cn1ncc2c(c1=O)SCCCN2Cc1ccc(Cl)cc1. The molecule has 0 aliphatic carbocycles. The highest BCUT2D eigenvalue weighted by molar-refractivity contribution is 7.99. The lowest BCUT2D eigenvalue weighted by Gasteiger charge is -2.24. The molecule has 0 spiro atoms. The Morgan fingerprint density at radius 1 is 1.33 bits per heavy atom. The molecule has 0 bridgehead atoms. The number of hydrogen-bond donors (Lipinski definition) is 0. The molecule has 0 N–H and O–H groups in total. The zero-order valence-electron chi connectivity index (χ0n) is 11.8. The van der Waals surface area contributed by atoms with E-state index in [-0.39, 0.29) is 5.56 Å². The maximum absolute atomic E-state index is 12.2. The third-order valence-electron chi connectivity index (χ3n) is 3.52. The molecule has 1 aliphatic rings. The molecule has 2 aromatic rings. The fourth-order valence-corrected chi connectivity index (χ4v) is 3.58. The first-order valence-electron chi connectivity index (χ1n) is 6.83. The molecule has 4 nitrogen and oxygen atoms in total. The van der Waals surface area contributed by atoms with Crippen LogP contribution in [0.5, 0.6) is 0 Å². The average molecular weight is 322 g/mol. The van der Waals surface area contributed by atoms with Gasteiger partial charge in [0.15, 0.2) is 0 Å². The lowest BCUT2D eigenvalue weighted by atomic mass is 10.2. The van der Waals surface area contributed by atoms with Crippen molar-refractivity contribution in [2.45, 2.75) is 17.9 Å². The van der Waals surface area contributed by atoms with Crippen molar-refractivity contribution in [2.24, 2.45) is 7.05 Å². The summed E-state index contributed by atoms with van der Waals surface area (Å²) in [6.45, 7) is 1.69. The van der Waals surface area contributed by atoms with Crippen LogP contribution in [0.2, 0.25) is 5.02 Å². The third-order valence-corrected chi connectivity index (χ3v) is 4.94. The summed E-state index contributed by atoms with van der Waals surface area (Å²) < 4.78 is 1.40. The molecule has 0 amide bonds. The Labute approximate surface area is 132 Å². The van der Waals surface area contributed by atoms with E-state index in [4.69, 9.17) is 11.6 Å². The summed E-state index contributed by atoms with van der Waals surface area (Å²) in [6.07, 6.45) is 2.85. The zero-order chi connectivity index (χ0) is 14.8. The van der Waals surface area contributed by atoms with E-state index < -0.39 is 0 Å². The molecule has 0 radical (unpaired) electrons. The van der Waals surface area contributed by atoms with E-state index in [2.05, 4.69) is 10.00 Å². The lowest BCUT2D eigenvalue weighted by molar-refractivity contribution is 0.676. The standard InChI is InChI=1S/C15H16ClN3OS/c1-18-15(20)14-13(9-17-18)19(7-2-8-21-14)10-11-3-5-12(16)6-4-11/h3-6,9H,2,7-8,10H2,1H3. The number of aryl methyl sites for hydroxylation is 1. The highest BCUT2D eigenvalue weighted by Gasteiger charge is 2.20. The first-order chi connectivity index (χ1) is 10.1. The van der Waals surface area contributed by atoms with Gasteiger partial charge in [-0.05, 0) is 29.9 Å². The van der Waals surface area contributed by atoms with Crippen LogP contribution in [0.15, 0.2) is 40.2 Å². The summed E-state index contributed by atoms with van der Waals surface area (Å²) >= 11 is 7.56. The van der Waals surface area contributed by atoms with Crippen LogP contribution >= 0.6 is 23.4 Å². The number of benzene rings is 1. The van der Waals surface area contributed by atoms with Crippen molar-refractivity contribution in [1.29, 1.82) is 0 Å². The Hall–Kier alpha value is -1.46. The fourth-order valence-electron chi connectivity index (χ4n) is 2.39. The van der Waals surface area contributed by atoms with Crippen LogP contribution in [0.25, 0.3) is 0 Å². The molecule has 1 aromatic heterocycles. The molecule has 0 saturated heterocycles. The van der Waals surface area contributed by atoms with Gasteiger partial charge in [0.1, 0.15) is 0 Å². The fraction of sp³-hybridized carbons (Fsp3) is 0.333. The minimum Gasteiger partial charge on any atom is -0.365 e. The zero-order valence-corrected chi connectivity index (χ0v) is 13.3. The van der Waals surface area contributed by atoms with Crippen LogP contribution in [0.4, 0.5) is 5.69 Å². The summed E-state index contributed by atoms with van der Waals surface area (Å²) in [7, 11) is 1.69. The first-order valence-corrected chi connectivity index (χ1v) is 8.20. The molecule has 21 heavy (non-hydrogen) atoms. The van der Waals surface area contributed by atoms with Gasteiger partial charge in [0.05, 0.1) is 16.8 Å². The molecular formula is C15H16ClN3OS. The second-order valence-electron chi connectivity index (χ2n) is 5.04. The van der Waals surface area contributed by atoms with Crippen molar-refractivity contribution in [2.75, 3.05) is 17.2 Å². The van der Waals surface area contributed by atoms with E-state index in [1.807, 2.05) is 24.3 Å². The molecule has 110 valence electrons. The molecule has 0 unspecified atom stereocenters. The summed E-state index contributed by atoms with van der Waals surface area (Å²) in [5.74, 6) is 0.962. The van der Waals surface area contributed by atoms with Gasteiger partial charge in [0.25, 0.3) is 5.56 Å². The normalized spacial score (nSPS) is 14.7. The Balaban J connectivity index is 1.95. The van der Waals surface area contributed by atoms with Crippen LogP contribution < -0.4 is 10.5 Å². The number of fused-ring (bicyclic) bond motifs is 1. The molecule has 2 heterocycles. The predicted octanol–water partition coefficient (Wildman–Crippen LogP) is 2.94. The van der Waals surface area contributed by atoms with Crippen LogP contribution in [0.1, 0.15) is 12.0 Å². The maximum Gasteiger partial charge on any atom is 0.282 e. The number of anilines is 1. The summed E-state index contributed by atoms with van der Waals surface area (Å²) in [5, 5.41) is 4.90. The van der Waals surface area contributed by atoms with Crippen molar-refractivity contribution in [1.82, 2.24) is 9.78 Å². The highest BCUT2D eigenvalue weighted by Crippen LogP contribution is 2.31. The van der Waals surface area contributed by atoms with E-state index >= 15 is 0 Å². The summed E-state index contributed by atoms with van der Waals surface area (Å²) in [5.41, 5.74) is 2.11. The van der Waals surface area contributed by atoms with Crippen molar-refractivity contribution >= 4 is 29.1 Å². The molecular weight excluding hydrogens is 306 g/mol. The molecule has 0 saturated carbocycles. The maximum atomic E-state index is 12.2.